The number of nitrogens with one attached hydrogen (secondary N) is 1. The summed E-state index contributed by atoms with van der Waals surface area (Å²) in [4.78, 5) is 12.1. The van der Waals surface area contributed by atoms with Crippen molar-refractivity contribution in [2.75, 3.05) is 19.6 Å². The molecule has 3 nitrogen and oxygen atoms in total. The van der Waals surface area contributed by atoms with E-state index in [4.69, 9.17) is 4.74 Å². The minimum Gasteiger partial charge on any atom is -0.410 e. The molecule has 0 radical (unpaired) electrons. The molecule has 1 N–H and O–H groups in total. The predicted molar refractivity (Wildman–Crippen MR) is 59.0 cm³/mol. The first kappa shape index (κ1) is 10.9. The number of benzene rings is 1. The minimum atomic E-state index is -0.436. The van der Waals surface area contributed by atoms with Gasteiger partial charge in [0.2, 0.25) is 0 Å². The third kappa shape index (κ3) is 2.96. The average molecular weight is 212 g/mol. The van der Waals surface area contributed by atoms with Gasteiger partial charge in [-0.25, -0.2) is 4.79 Å². The number of carbonyl (C=O) groups is 1. The van der Waals surface area contributed by atoms with E-state index in [0.29, 0.717) is 5.75 Å². The van der Waals surface area contributed by atoms with E-state index < -0.39 is 6.09 Å². The number of amides is 1. The van der Waals surface area contributed by atoms with Crippen molar-refractivity contribution in [3.63, 3.8) is 0 Å². The van der Waals surface area contributed by atoms with E-state index in [1.165, 1.54) is 11.9 Å². The predicted octanol–water partition coefficient (Wildman–Crippen LogP) is 1.64. The molecular formula is C10H14NO2S+. The van der Waals surface area contributed by atoms with E-state index in [1.807, 2.05) is 18.2 Å². The van der Waals surface area contributed by atoms with Gasteiger partial charge in [-0.15, -0.1) is 0 Å². The van der Waals surface area contributed by atoms with Crippen LogP contribution in [0.1, 0.15) is 0 Å². The maximum atomic E-state index is 10.9. The fourth-order valence-corrected chi connectivity index (χ4v) is 1.65. The van der Waals surface area contributed by atoms with E-state index in [9.17, 15) is 4.79 Å². The van der Waals surface area contributed by atoms with Gasteiger partial charge in [0, 0.05) is 24.0 Å². The SMILES string of the molecule is CNC(=O)Oc1cccc([S+](C)C)c1. The molecule has 14 heavy (non-hydrogen) atoms. The van der Waals surface area contributed by atoms with Crippen LogP contribution in [0.25, 0.3) is 0 Å². The van der Waals surface area contributed by atoms with Crippen LogP contribution < -0.4 is 10.1 Å². The van der Waals surface area contributed by atoms with E-state index >= 15 is 0 Å². The Labute approximate surface area is 86.8 Å². The topological polar surface area (TPSA) is 38.3 Å². The normalized spacial score (nSPS) is 10.0. The van der Waals surface area contributed by atoms with Gasteiger partial charge in [0.05, 0.1) is 0 Å². The Morgan fingerprint density at radius 2 is 2.14 bits per heavy atom. The Morgan fingerprint density at radius 3 is 2.71 bits per heavy atom. The summed E-state index contributed by atoms with van der Waals surface area (Å²) in [6.07, 6.45) is 3.81. The number of rotatable bonds is 2. The standard InChI is InChI=1S/C10H13NO2S/c1-11-10(12)13-8-5-4-6-9(7-8)14(2)3/h4-7H,1-3H3/p+1. The van der Waals surface area contributed by atoms with Crippen LogP contribution in [-0.2, 0) is 10.9 Å². The van der Waals surface area contributed by atoms with Gasteiger partial charge in [0.1, 0.15) is 18.3 Å². The number of hydrogen-bond donors (Lipinski definition) is 1. The smallest absolute Gasteiger partial charge is 0.410 e. The van der Waals surface area contributed by atoms with Crippen molar-refractivity contribution >= 4 is 17.0 Å². The molecule has 0 aliphatic rings. The summed E-state index contributed by atoms with van der Waals surface area (Å²) < 4.78 is 5.01. The number of carbonyl (C=O) groups excluding carboxylic acids is 1. The molecule has 4 heteroatoms. The molecule has 0 atom stereocenters. The van der Waals surface area contributed by atoms with Crippen molar-refractivity contribution in [3.05, 3.63) is 24.3 Å². The van der Waals surface area contributed by atoms with Crippen LogP contribution in [0.2, 0.25) is 0 Å². The first-order valence-electron chi connectivity index (χ1n) is 4.20. The summed E-state index contributed by atoms with van der Waals surface area (Å²) in [6.45, 7) is 0. The van der Waals surface area contributed by atoms with Gasteiger partial charge in [-0.1, -0.05) is 6.07 Å². The van der Waals surface area contributed by atoms with Gasteiger partial charge in [-0.2, -0.15) is 0 Å². The van der Waals surface area contributed by atoms with Gasteiger partial charge in [0.25, 0.3) is 0 Å². The van der Waals surface area contributed by atoms with Crippen LogP contribution in [0, 0.1) is 0 Å². The van der Waals surface area contributed by atoms with Gasteiger partial charge in [-0.05, 0) is 12.1 Å². The van der Waals surface area contributed by atoms with Gasteiger partial charge >= 0.3 is 6.09 Å². The Kier molecular flexibility index (Phi) is 3.83. The molecule has 0 unspecified atom stereocenters. The van der Waals surface area contributed by atoms with Crippen molar-refractivity contribution in [3.8, 4) is 5.75 Å². The van der Waals surface area contributed by atoms with Gasteiger partial charge in [0.15, 0.2) is 4.90 Å². The monoisotopic (exact) mass is 212 g/mol. The molecular weight excluding hydrogens is 198 g/mol. The van der Waals surface area contributed by atoms with Crippen molar-refractivity contribution in [2.45, 2.75) is 4.90 Å². The number of ether oxygens (including phenoxy) is 1. The van der Waals surface area contributed by atoms with E-state index in [1.54, 1.807) is 6.07 Å². The van der Waals surface area contributed by atoms with Crippen molar-refractivity contribution < 1.29 is 9.53 Å². The van der Waals surface area contributed by atoms with Crippen LogP contribution in [-0.4, -0.2) is 25.7 Å². The third-order valence-corrected chi connectivity index (χ3v) is 2.89. The lowest BCUT2D eigenvalue weighted by Gasteiger charge is -2.03. The average Bonchev–Trinajstić information content (AvgIpc) is 2.18. The second kappa shape index (κ2) is 4.91. The van der Waals surface area contributed by atoms with Crippen LogP contribution in [0.5, 0.6) is 5.75 Å². The summed E-state index contributed by atoms with van der Waals surface area (Å²) in [5.41, 5.74) is 0. The molecule has 0 aromatic heterocycles. The summed E-state index contributed by atoms with van der Waals surface area (Å²) >= 11 is 0. The first-order chi connectivity index (χ1) is 6.63. The van der Waals surface area contributed by atoms with E-state index in [2.05, 4.69) is 17.8 Å². The highest BCUT2D eigenvalue weighted by Crippen LogP contribution is 2.17. The molecule has 0 saturated heterocycles. The summed E-state index contributed by atoms with van der Waals surface area (Å²) in [7, 11) is 1.72. The second-order valence-electron chi connectivity index (χ2n) is 2.93. The summed E-state index contributed by atoms with van der Waals surface area (Å²) in [5, 5.41) is 2.40. The molecule has 1 aromatic rings. The van der Waals surface area contributed by atoms with Crippen molar-refractivity contribution in [2.24, 2.45) is 0 Å². The zero-order valence-electron chi connectivity index (χ0n) is 8.53. The maximum absolute atomic E-state index is 10.9. The quantitative estimate of drug-likeness (QED) is 0.757. The summed E-state index contributed by atoms with van der Waals surface area (Å²) in [5.74, 6) is 0.586. The Morgan fingerprint density at radius 1 is 1.43 bits per heavy atom. The zero-order chi connectivity index (χ0) is 10.6. The van der Waals surface area contributed by atoms with Crippen LogP contribution >= 0.6 is 0 Å². The van der Waals surface area contributed by atoms with E-state index in [-0.39, 0.29) is 10.9 Å². The van der Waals surface area contributed by atoms with Gasteiger partial charge < -0.3 is 10.1 Å². The molecule has 1 rings (SSSR count). The molecule has 0 fully saturated rings. The Bertz CT molecular complexity index is 326. The highest BCUT2D eigenvalue weighted by atomic mass is 32.2. The molecule has 0 saturated carbocycles. The van der Waals surface area contributed by atoms with Crippen LogP contribution in [0.15, 0.2) is 29.2 Å². The van der Waals surface area contributed by atoms with Crippen molar-refractivity contribution in [1.29, 1.82) is 0 Å². The molecule has 0 aliphatic carbocycles. The minimum absolute atomic E-state index is 0.182. The molecule has 0 spiro atoms. The fraction of sp³-hybridized carbons (Fsp3) is 0.300. The molecule has 1 aromatic carbocycles. The largest absolute Gasteiger partial charge is 0.412 e. The van der Waals surface area contributed by atoms with Crippen molar-refractivity contribution in [1.82, 2.24) is 5.32 Å². The first-order valence-corrected chi connectivity index (χ1v) is 6.25. The lowest BCUT2D eigenvalue weighted by Crippen LogP contribution is -2.22. The maximum Gasteiger partial charge on any atom is 0.412 e. The highest BCUT2D eigenvalue weighted by molar-refractivity contribution is 7.95. The molecule has 0 aliphatic heterocycles. The van der Waals surface area contributed by atoms with Crippen LogP contribution in [0.3, 0.4) is 0 Å². The number of hydrogen-bond acceptors (Lipinski definition) is 2. The molecule has 0 bridgehead atoms. The van der Waals surface area contributed by atoms with E-state index in [0.717, 1.165) is 0 Å². The fourth-order valence-electron chi connectivity index (χ4n) is 0.950. The Hall–Kier alpha value is -1.16. The highest BCUT2D eigenvalue weighted by Gasteiger charge is 2.10. The molecule has 1 amide bonds. The molecule has 76 valence electrons. The lowest BCUT2D eigenvalue weighted by molar-refractivity contribution is 0.203. The summed E-state index contributed by atoms with van der Waals surface area (Å²) in [6, 6.07) is 7.57. The second-order valence-corrected chi connectivity index (χ2v) is 5.04. The lowest BCUT2D eigenvalue weighted by atomic mass is 10.3. The Balaban J connectivity index is 2.78. The van der Waals surface area contributed by atoms with Gasteiger partial charge in [-0.3, -0.25) is 0 Å². The third-order valence-electron chi connectivity index (χ3n) is 1.69. The molecule has 0 heterocycles. The van der Waals surface area contributed by atoms with Crippen LogP contribution in [0.4, 0.5) is 4.79 Å². The zero-order valence-corrected chi connectivity index (χ0v) is 9.35.